The molecule has 6 atom stereocenters. The molecule has 0 heterocycles. The summed E-state index contributed by atoms with van der Waals surface area (Å²) in [6.07, 6.45) is 8.61. The van der Waals surface area contributed by atoms with Gasteiger partial charge in [0.2, 0.25) is 0 Å². The number of fused-ring (bicyclic) bond motifs is 4. The van der Waals surface area contributed by atoms with E-state index in [0.717, 1.165) is 29.6 Å². The zero-order valence-electron chi connectivity index (χ0n) is 22.2. The largest absolute Gasteiger partial charge is 0.0683 e. The molecular weight excluding hydrogens is 384 g/mol. The van der Waals surface area contributed by atoms with Crippen molar-refractivity contribution in [3.05, 3.63) is 70.3 Å². The van der Waals surface area contributed by atoms with Crippen molar-refractivity contribution >= 4 is 0 Å². The van der Waals surface area contributed by atoms with Crippen molar-refractivity contribution in [1.29, 1.82) is 0 Å². The number of hydrogen-bond acceptors (Lipinski definition) is 0. The molecule has 5 aliphatic rings. The van der Waals surface area contributed by atoms with Crippen LogP contribution in [0.25, 0.3) is 0 Å². The maximum absolute atomic E-state index is 2.53. The molecule has 7 rings (SSSR count). The van der Waals surface area contributed by atoms with E-state index in [0.29, 0.717) is 5.41 Å². The lowest BCUT2D eigenvalue weighted by Crippen LogP contribution is -2.44. The molecule has 2 aromatic rings. The van der Waals surface area contributed by atoms with Crippen LogP contribution in [0.5, 0.6) is 0 Å². The van der Waals surface area contributed by atoms with E-state index in [9.17, 15) is 0 Å². The van der Waals surface area contributed by atoms with E-state index in [4.69, 9.17) is 0 Å². The van der Waals surface area contributed by atoms with Gasteiger partial charge in [0.15, 0.2) is 0 Å². The Balaban J connectivity index is 0.000000330. The van der Waals surface area contributed by atoms with Crippen molar-refractivity contribution in [2.75, 3.05) is 0 Å². The Labute approximate surface area is 199 Å². The molecular formula is C32H48. The second-order valence-electron chi connectivity index (χ2n) is 9.16. The lowest BCUT2D eigenvalue weighted by Gasteiger charge is -2.46. The summed E-state index contributed by atoms with van der Waals surface area (Å²) in [5.74, 6) is 4.45. The molecule has 5 aliphatic carbocycles. The molecule has 0 amide bonds. The van der Waals surface area contributed by atoms with Gasteiger partial charge in [0.05, 0.1) is 0 Å². The zero-order valence-corrected chi connectivity index (χ0v) is 22.2. The fraction of sp³-hybridized carbons (Fsp3) is 0.625. The van der Waals surface area contributed by atoms with Gasteiger partial charge in [0.1, 0.15) is 0 Å². The normalized spacial score (nSPS) is 32.7. The maximum Gasteiger partial charge on any atom is 0.0282 e. The van der Waals surface area contributed by atoms with Crippen LogP contribution in [0.1, 0.15) is 127 Å². The maximum atomic E-state index is 2.53. The van der Waals surface area contributed by atoms with Crippen LogP contribution in [0.15, 0.2) is 42.5 Å². The van der Waals surface area contributed by atoms with Crippen molar-refractivity contribution in [3.63, 3.8) is 0 Å². The lowest BCUT2D eigenvalue weighted by atomic mass is 9.56. The third-order valence-corrected chi connectivity index (χ3v) is 8.70. The van der Waals surface area contributed by atoms with Gasteiger partial charge < -0.3 is 0 Å². The van der Waals surface area contributed by atoms with Gasteiger partial charge >= 0.3 is 0 Å². The smallest absolute Gasteiger partial charge is 0.0282 e. The van der Waals surface area contributed by atoms with Crippen LogP contribution in [-0.4, -0.2) is 0 Å². The Morgan fingerprint density at radius 1 is 0.656 bits per heavy atom. The summed E-state index contributed by atoms with van der Waals surface area (Å²) in [6.45, 7) is 16.0. The molecule has 0 aliphatic heterocycles. The third-order valence-electron chi connectivity index (χ3n) is 8.70. The summed E-state index contributed by atoms with van der Waals surface area (Å²) in [6, 6.07) is 17.0. The van der Waals surface area contributed by atoms with Crippen LogP contribution < -0.4 is 0 Å². The van der Waals surface area contributed by atoms with Gasteiger partial charge in [-0.1, -0.05) is 104 Å². The molecule has 2 saturated carbocycles. The van der Waals surface area contributed by atoms with E-state index in [1.54, 1.807) is 22.3 Å². The second kappa shape index (κ2) is 10.6. The van der Waals surface area contributed by atoms with Gasteiger partial charge in [-0.2, -0.15) is 0 Å². The van der Waals surface area contributed by atoms with Gasteiger partial charge in [-0.3, -0.25) is 0 Å². The average molecular weight is 433 g/mol. The molecule has 32 heavy (non-hydrogen) atoms. The molecule has 0 saturated heterocycles. The molecule has 0 radical (unpaired) electrons. The topological polar surface area (TPSA) is 0 Å². The summed E-state index contributed by atoms with van der Waals surface area (Å²) >= 11 is 0. The highest BCUT2D eigenvalue weighted by atomic mass is 14.7. The SMILES string of the molecule is CC.CC.CC.CC.c1cc2c3c(c1)C1CCCC1C31c3ccccc3C3CCC(C2)C31. The predicted octanol–water partition coefficient (Wildman–Crippen LogP) is 9.65. The standard InChI is InChI=1S/C24H24.4C2H6/c1-2-9-20-16(6-1)19-12-11-15-13-14-5-3-8-18-17-7-4-10-21(17)24(20,22(14)18)23(15)19;4*1-2/h1-3,5-6,8-9,15,17,19,21,23H,4,7,10-13H2;4*1-2H3. The number of rotatable bonds is 0. The molecule has 2 fully saturated rings. The van der Waals surface area contributed by atoms with Gasteiger partial charge in [0, 0.05) is 5.41 Å². The van der Waals surface area contributed by atoms with Crippen LogP contribution in [-0.2, 0) is 11.8 Å². The van der Waals surface area contributed by atoms with Gasteiger partial charge in [-0.05, 0) is 89.5 Å². The van der Waals surface area contributed by atoms with Gasteiger partial charge in [-0.25, -0.2) is 0 Å². The first-order valence-electron chi connectivity index (χ1n) is 14.1. The van der Waals surface area contributed by atoms with Crippen molar-refractivity contribution in [1.82, 2.24) is 0 Å². The molecule has 2 aromatic carbocycles. The summed E-state index contributed by atoms with van der Waals surface area (Å²) < 4.78 is 0. The summed E-state index contributed by atoms with van der Waals surface area (Å²) in [4.78, 5) is 0. The molecule has 176 valence electrons. The first kappa shape index (κ1) is 25.1. The van der Waals surface area contributed by atoms with Gasteiger partial charge in [0.25, 0.3) is 0 Å². The third kappa shape index (κ3) is 3.15. The molecule has 0 aromatic heterocycles. The average Bonchev–Trinajstić information content (AvgIpc) is 3.65. The van der Waals surface area contributed by atoms with E-state index in [-0.39, 0.29) is 0 Å². The zero-order chi connectivity index (χ0) is 23.5. The molecule has 1 spiro atoms. The highest BCUT2D eigenvalue weighted by Crippen LogP contribution is 2.75. The van der Waals surface area contributed by atoms with E-state index < -0.39 is 0 Å². The summed E-state index contributed by atoms with van der Waals surface area (Å²) in [5, 5.41) is 0. The van der Waals surface area contributed by atoms with E-state index in [2.05, 4.69) is 42.5 Å². The monoisotopic (exact) mass is 432 g/mol. The molecule has 0 heteroatoms. The van der Waals surface area contributed by atoms with Crippen molar-refractivity contribution in [2.24, 2.45) is 17.8 Å². The molecule has 0 N–H and O–H groups in total. The highest BCUT2D eigenvalue weighted by molar-refractivity contribution is 5.64. The molecule has 0 nitrogen and oxygen atoms in total. The molecule has 0 bridgehead atoms. The lowest BCUT2D eigenvalue weighted by molar-refractivity contribution is 0.171. The second-order valence-corrected chi connectivity index (χ2v) is 9.16. The summed E-state index contributed by atoms with van der Waals surface area (Å²) in [7, 11) is 0. The van der Waals surface area contributed by atoms with Gasteiger partial charge in [-0.15, -0.1) is 0 Å². The van der Waals surface area contributed by atoms with Crippen LogP contribution >= 0.6 is 0 Å². The van der Waals surface area contributed by atoms with Crippen LogP contribution in [0.4, 0.5) is 0 Å². The Morgan fingerprint density at radius 2 is 1.34 bits per heavy atom. The Kier molecular flexibility index (Phi) is 8.29. The van der Waals surface area contributed by atoms with E-state index in [1.807, 2.05) is 61.0 Å². The Bertz CT molecular complexity index is 877. The molecule has 6 unspecified atom stereocenters. The highest BCUT2D eigenvalue weighted by Gasteiger charge is 2.68. The fourth-order valence-electron chi connectivity index (χ4n) is 8.42. The van der Waals surface area contributed by atoms with Crippen molar-refractivity contribution in [3.8, 4) is 0 Å². The number of hydrogen-bond donors (Lipinski definition) is 0. The van der Waals surface area contributed by atoms with Crippen LogP contribution in [0.2, 0.25) is 0 Å². The van der Waals surface area contributed by atoms with Crippen LogP contribution in [0.3, 0.4) is 0 Å². The van der Waals surface area contributed by atoms with E-state index >= 15 is 0 Å². The Hall–Kier alpha value is -1.56. The minimum Gasteiger partial charge on any atom is -0.0683 e. The first-order chi connectivity index (χ1) is 15.9. The minimum atomic E-state index is 0.397. The number of benzene rings is 2. The first-order valence-corrected chi connectivity index (χ1v) is 14.1. The minimum absolute atomic E-state index is 0.397. The van der Waals surface area contributed by atoms with Crippen molar-refractivity contribution in [2.45, 2.75) is 111 Å². The Morgan fingerprint density at radius 3 is 2.09 bits per heavy atom. The predicted molar refractivity (Wildman–Crippen MR) is 142 cm³/mol. The van der Waals surface area contributed by atoms with Crippen molar-refractivity contribution < 1.29 is 0 Å². The fourth-order valence-corrected chi connectivity index (χ4v) is 8.42. The summed E-state index contributed by atoms with van der Waals surface area (Å²) in [5.41, 5.74) is 9.20. The van der Waals surface area contributed by atoms with Crippen LogP contribution in [0, 0.1) is 17.8 Å². The quantitative estimate of drug-likeness (QED) is 0.388. The van der Waals surface area contributed by atoms with E-state index in [1.165, 1.54) is 38.5 Å².